The summed E-state index contributed by atoms with van der Waals surface area (Å²) in [7, 11) is 0. The smallest absolute Gasteiger partial charge is 0.251 e. The average Bonchev–Trinajstić information content (AvgIpc) is 3.07. The summed E-state index contributed by atoms with van der Waals surface area (Å²) in [6.45, 7) is 5.67. The Kier molecular flexibility index (Phi) is 6.77. The molecule has 3 N–H and O–H groups in total. The molecule has 1 atom stereocenters. The molecule has 1 unspecified atom stereocenters. The first-order valence-corrected chi connectivity index (χ1v) is 7.80. The van der Waals surface area contributed by atoms with E-state index in [1.807, 2.05) is 0 Å². The van der Waals surface area contributed by atoms with Crippen molar-refractivity contribution in [3.05, 3.63) is 42.5 Å². The number of carbonyl (C=O) groups excluding carboxylic acids is 2. The van der Waals surface area contributed by atoms with E-state index < -0.39 is 0 Å². The number of hydrogen-bond acceptors (Lipinski definition) is 4. The molecular weight excluding hydrogens is 294 g/mol. The lowest BCUT2D eigenvalue weighted by Crippen LogP contribution is -2.31. The third kappa shape index (κ3) is 5.84. The lowest BCUT2D eigenvalue weighted by atomic mass is 10.2. The number of nitrogens with one attached hydrogen (secondary N) is 3. The molecule has 1 aliphatic heterocycles. The van der Waals surface area contributed by atoms with Gasteiger partial charge in [0.05, 0.1) is 12.6 Å². The van der Waals surface area contributed by atoms with Crippen molar-refractivity contribution in [2.45, 2.75) is 18.9 Å². The lowest BCUT2D eigenvalue weighted by Gasteiger charge is -2.11. The molecule has 0 aliphatic carbocycles. The van der Waals surface area contributed by atoms with E-state index in [1.165, 1.54) is 0 Å². The summed E-state index contributed by atoms with van der Waals surface area (Å²) < 4.78 is 5.47. The minimum absolute atomic E-state index is 0.126. The quantitative estimate of drug-likeness (QED) is 0.499. The zero-order valence-electron chi connectivity index (χ0n) is 13.1. The van der Waals surface area contributed by atoms with Crippen LogP contribution in [0.4, 0.5) is 5.69 Å². The highest BCUT2D eigenvalue weighted by Crippen LogP contribution is 2.12. The van der Waals surface area contributed by atoms with Crippen molar-refractivity contribution < 1.29 is 14.3 Å². The van der Waals surface area contributed by atoms with Gasteiger partial charge in [-0.2, -0.15) is 0 Å². The Morgan fingerprint density at radius 3 is 2.74 bits per heavy atom. The maximum atomic E-state index is 12.0. The van der Waals surface area contributed by atoms with Gasteiger partial charge < -0.3 is 20.7 Å². The van der Waals surface area contributed by atoms with Crippen molar-refractivity contribution in [2.24, 2.45) is 0 Å². The molecule has 2 amide bonds. The van der Waals surface area contributed by atoms with Crippen molar-refractivity contribution in [2.75, 3.05) is 31.6 Å². The maximum absolute atomic E-state index is 12.0. The number of amides is 2. The molecule has 0 radical (unpaired) electrons. The molecule has 124 valence electrons. The van der Waals surface area contributed by atoms with Crippen molar-refractivity contribution in [3.63, 3.8) is 0 Å². The molecule has 0 bridgehead atoms. The van der Waals surface area contributed by atoms with Crippen LogP contribution in [0.3, 0.4) is 0 Å². The fourth-order valence-corrected chi connectivity index (χ4v) is 2.31. The summed E-state index contributed by atoms with van der Waals surface area (Å²) in [5.41, 5.74) is 1.22. The van der Waals surface area contributed by atoms with Crippen LogP contribution in [-0.4, -0.2) is 44.2 Å². The summed E-state index contributed by atoms with van der Waals surface area (Å²) in [5, 5.41) is 8.54. The molecule has 1 saturated heterocycles. The van der Waals surface area contributed by atoms with Gasteiger partial charge in [0.25, 0.3) is 5.91 Å². The van der Waals surface area contributed by atoms with E-state index >= 15 is 0 Å². The molecule has 0 spiro atoms. The highest BCUT2D eigenvalue weighted by molar-refractivity contribution is 5.96. The van der Waals surface area contributed by atoms with Gasteiger partial charge in [-0.25, -0.2) is 0 Å². The Balaban J connectivity index is 1.77. The Hall–Kier alpha value is -2.18. The summed E-state index contributed by atoms with van der Waals surface area (Å²) in [6, 6.07) is 6.81. The fraction of sp³-hybridized carbons (Fsp3) is 0.412. The first-order chi connectivity index (χ1) is 11.2. The van der Waals surface area contributed by atoms with E-state index in [4.69, 9.17) is 4.74 Å². The summed E-state index contributed by atoms with van der Waals surface area (Å²) >= 11 is 0. The topological polar surface area (TPSA) is 79.5 Å². The zero-order valence-corrected chi connectivity index (χ0v) is 13.1. The van der Waals surface area contributed by atoms with E-state index in [1.54, 1.807) is 30.3 Å². The van der Waals surface area contributed by atoms with Gasteiger partial charge >= 0.3 is 0 Å². The molecule has 6 heteroatoms. The molecule has 0 aromatic heterocycles. The number of ether oxygens (including phenoxy) is 1. The van der Waals surface area contributed by atoms with Crippen LogP contribution in [0, 0.1) is 0 Å². The summed E-state index contributed by atoms with van der Waals surface area (Å²) in [5.74, 6) is -0.270. The normalized spacial score (nSPS) is 16.8. The highest BCUT2D eigenvalue weighted by Gasteiger charge is 2.16. The second-order valence-electron chi connectivity index (χ2n) is 5.39. The maximum Gasteiger partial charge on any atom is 0.251 e. The molecule has 0 saturated carbocycles. The SMILES string of the molecule is C=CCNCC(=O)Nc1ccc(C(=O)NCC2CCCO2)cc1. The lowest BCUT2D eigenvalue weighted by molar-refractivity contribution is -0.115. The van der Waals surface area contributed by atoms with E-state index in [0.29, 0.717) is 24.3 Å². The highest BCUT2D eigenvalue weighted by atomic mass is 16.5. The minimum atomic E-state index is -0.137. The van der Waals surface area contributed by atoms with Gasteiger partial charge in [0.15, 0.2) is 0 Å². The van der Waals surface area contributed by atoms with Crippen molar-refractivity contribution in [3.8, 4) is 0 Å². The van der Waals surface area contributed by atoms with Crippen molar-refractivity contribution >= 4 is 17.5 Å². The van der Waals surface area contributed by atoms with Gasteiger partial charge in [-0.15, -0.1) is 6.58 Å². The molecule has 1 fully saturated rings. The van der Waals surface area contributed by atoms with Gasteiger partial charge in [0.2, 0.25) is 5.91 Å². The minimum Gasteiger partial charge on any atom is -0.376 e. The molecule has 1 aliphatic rings. The van der Waals surface area contributed by atoms with E-state index in [0.717, 1.165) is 19.4 Å². The number of benzene rings is 1. The van der Waals surface area contributed by atoms with Gasteiger partial charge in [-0.3, -0.25) is 9.59 Å². The Morgan fingerprint density at radius 2 is 2.09 bits per heavy atom. The standard InChI is InChI=1S/C17H23N3O3/c1-2-9-18-12-16(21)20-14-7-5-13(6-8-14)17(22)19-11-15-4-3-10-23-15/h2,5-8,15,18H,1,3-4,9-12H2,(H,19,22)(H,20,21). The third-order valence-electron chi connectivity index (χ3n) is 3.52. The van der Waals surface area contributed by atoms with E-state index in [2.05, 4.69) is 22.5 Å². The van der Waals surface area contributed by atoms with Gasteiger partial charge in [0, 0.05) is 30.9 Å². The number of hydrogen-bond donors (Lipinski definition) is 3. The van der Waals surface area contributed by atoms with Crippen LogP contribution < -0.4 is 16.0 Å². The van der Waals surface area contributed by atoms with Crippen LogP contribution in [-0.2, 0) is 9.53 Å². The molecule has 1 aromatic rings. The molecular formula is C17H23N3O3. The molecule has 2 rings (SSSR count). The Labute approximate surface area is 136 Å². The second kappa shape index (κ2) is 9.07. The van der Waals surface area contributed by atoms with Crippen molar-refractivity contribution in [1.82, 2.24) is 10.6 Å². The summed E-state index contributed by atoms with van der Waals surface area (Å²) in [4.78, 5) is 23.7. The first-order valence-electron chi connectivity index (χ1n) is 7.80. The van der Waals surface area contributed by atoms with Gasteiger partial charge in [0.1, 0.15) is 0 Å². The summed E-state index contributed by atoms with van der Waals surface area (Å²) in [6.07, 6.45) is 3.86. The van der Waals surface area contributed by atoms with Crippen LogP contribution in [0.15, 0.2) is 36.9 Å². The van der Waals surface area contributed by atoms with Crippen molar-refractivity contribution in [1.29, 1.82) is 0 Å². The first kappa shape index (κ1) is 17.2. The van der Waals surface area contributed by atoms with E-state index in [-0.39, 0.29) is 24.5 Å². The average molecular weight is 317 g/mol. The van der Waals surface area contributed by atoms with Gasteiger partial charge in [-0.05, 0) is 37.1 Å². The van der Waals surface area contributed by atoms with Crippen LogP contribution in [0.5, 0.6) is 0 Å². The monoisotopic (exact) mass is 317 g/mol. The molecule has 6 nitrogen and oxygen atoms in total. The van der Waals surface area contributed by atoms with Crippen LogP contribution in [0.2, 0.25) is 0 Å². The molecule has 1 aromatic carbocycles. The Morgan fingerprint density at radius 1 is 1.30 bits per heavy atom. The fourth-order valence-electron chi connectivity index (χ4n) is 2.31. The zero-order chi connectivity index (χ0) is 16.5. The molecule has 23 heavy (non-hydrogen) atoms. The number of carbonyl (C=O) groups is 2. The Bertz CT molecular complexity index is 537. The largest absolute Gasteiger partial charge is 0.376 e. The van der Waals surface area contributed by atoms with Crippen LogP contribution in [0.25, 0.3) is 0 Å². The van der Waals surface area contributed by atoms with E-state index in [9.17, 15) is 9.59 Å². The molecule has 1 heterocycles. The number of anilines is 1. The third-order valence-corrected chi connectivity index (χ3v) is 3.52. The predicted molar refractivity (Wildman–Crippen MR) is 89.4 cm³/mol. The van der Waals surface area contributed by atoms with Crippen LogP contribution in [0.1, 0.15) is 23.2 Å². The number of rotatable bonds is 8. The van der Waals surface area contributed by atoms with Gasteiger partial charge in [-0.1, -0.05) is 6.08 Å². The second-order valence-corrected chi connectivity index (χ2v) is 5.39. The predicted octanol–water partition coefficient (Wildman–Crippen LogP) is 1.31. The van der Waals surface area contributed by atoms with Crippen LogP contribution >= 0.6 is 0 Å².